The van der Waals surface area contributed by atoms with Crippen LogP contribution < -0.4 is 4.74 Å². The molecule has 0 saturated heterocycles. The molecule has 2 aromatic carbocycles. The molecule has 122 valence electrons. The van der Waals surface area contributed by atoms with Crippen LogP contribution in [0.3, 0.4) is 0 Å². The van der Waals surface area contributed by atoms with E-state index in [1.807, 2.05) is 30.3 Å². The van der Waals surface area contributed by atoms with Crippen LogP contribution >= 0.6 is 34.5 Å². The van der Waals surface area contributed by atoms with Gasteiger partial charge in [0.25, 0.3) is 0 Å². The number of nitrogens with zero attached hydrogens (tertiary/aromatic N) is 1. The maximum atomic E-state index is 10.9. The van der Waals surface area contributed by atoms with E-state index < -0.39 is 5.97 Å². The van der Waals surface area contributed by atoms with Crippen molar-refractivity contribution in [3.63, 3.8) is 0 Å². The Balaban J connectivity index is 1.76. The van der Waals surface area contributed by atoms with Gasteiger partial charge < -0.3 is 9.84 Å². The van der Waals surface area contributed by atoms with Crippen LogP contribution in [0, 0.1) is 0 Å². The third-order valence-corrected chi connectivity index (χ3v) is 4.69. The van der Waals surface area contributed by atoms with Crippen molar-refractivity contribution in [2.75, 3.05) is 0 Å². The minimum atomic E-state index is -1.04. The van der Waals surface area contributed by atoms with Gasteiger partial charge >= 0.3 is 5.97 Å². The van der Waals surface area contributed by atoms with Crippen LogP contribution in [0.15, 0.2) is 47.8 Å². The van der Waals surface area contributed by atoms with Gasteiger partial charge in [0.15, 0.2) is 5.69 Å². The smallest absolute Gasteiger partial charge is 0.355 e. The molecule has 0 bridgehead atoms. The first-order chi connectivity index (χ1) is 11.5. The largest absolute Gasteiger partial charge is 0.489 e. The van der Waals surface area contributed by atoms with Crippen LogP contribution in [0.1, 0.15) is 16.1 Å². The zero-order valence-electron chi connectivity index (χ0n) is 12.2. The maximum absolute atomic E-state index is 10.9. The lowest BCUT2D eigenvalue weighted by atomic mass is 10.2. The van der Waals surface area contributed by atoms with Crippen molar-refractivity contribution in [3.8, 4) is 16.3 Å². The van der Waals surface area contributed by atoms with E-state index >= 15 is 0 Å². The first-order valence-corrected chi connectivity index (χ1v) is 8.52. The molecule has 3 aromatic rings. The number of benzene rings is 2. The van der Waals surface area contributed by atoms with Crippen molar-refractivity contribution < 1.29 is 14.6 Å². The molecular formula is C17H11Cl2NO3S. The Morgan fingerprint density at radius 2 is 2.04 bits per heavy atom. The van der Waals surface area contributed by atoms with Crippen LogP contribution in [-0.2, 0) is 6.61 Å². The Morgan fingerprint density at radius 3 is 2.75 bits per heavy atom. The summed E-state index contributed by atoms with van der Waals surface area (Å²) in [6.45, 7) is 0.303. The van der Waals surface area contributed by atoms with Gasteiger partial charge in [0.05, 0.1) is 0 Å². The average Bonchev–Trinajstić information content (AvgIpc) is 3.05. The highest BCUT2D eigenvalue weighted by Gasteiger charge is 2.11. The number of hydrogen-bond donors (Lipinski definition) is 1. The molecule has 0 spiro atoms. The number of aromatic carboxylic acids is 1. The molecule has 0 aliphatic carbocycles. The van der Waals surface area contributed by atoms with Crippen LogP contribution in [0.5, 0.6) is 5.75 Å². The molecule has 1 heterocycles. The van der Waals surface area contributed by atoms with Gasteiger partial charge in [-0.15, -0.1) is 11.3 Å². The van der Waals surface area contributed by atoms with Gasteiger partial charge in [-0.05, 0) is 24.3 Å². The summed E-state index contributed by atoms with van der Waals surface area (Å²) >= 11 is 13.3. The molecule has 0 fully saturated rings. The second-order valence-electron chi connectivity index (χ2n) is 4.90. The highest BCUT2D eigenvalue weighted by molar-refractivity contribution is 7.13. The second kappa shape index (κ2) is 7.21. The molecule has 0 amide bonds. The van der Waals surface area contributed by atoms with E-state index in [0.29, 0.717) is 27.4 Å². The van der Waals surface area contributed by atoms with Crippen LogP contribution in [0.2, 0.25) is 10.0 Å². The number of hydrogen-bond acceptors (Lipinski definition) is 4. The fraction of sp³-hybridized carbons (Fsp3) is 0.0588. The molecule has 7 heteroatoms. The first-order valence-electron chi connectivity index (χ1n) is 6.89. The Morgan fingerprint density at radius 1 is 1.21 bits per heavy atom. The van der Waals surface area contributed by atoms with Crippen molar-refractivity contribution in [1.82, 2.24) is 4.98 Å². The molecule has 1 aromatic heterocycles. The number of thiazole rings is 1. The Hall–Kier alpha value is -2.08. The molecule has 1 N–H and O–H groups in total. The van der Waals surface area contributed by atoms with E-state index in [4.69, 9.17) is 33.0 Å². The van der Waals surface area contributed by atoms with Crippen molar-refractivity contribution in [2.24, 2.45) is 0 Å². The molecule has 0 unspecified atom stereocenters. The standard InChI is InChI=1S/C17H11Cl2NO3S/c18-12-5-4-11(14(19)7-12)8-23-13-3-1-2-10(6-13)16-20-15(9-24-16)17(21)22/h1-7,9H,8H2,(H,21,22). The van der Waals surface area contributed by atoms with E-state index in [1.54, 1.807) is 12.1 Å². The lowest BCUT2D eigenvalue weighted by molar-refractivity contribution is 0.0691. The number of halogens is 2. The molecule has 0 atom stereocenters. The number of carbonyl (C=O) groups is 1. The van der Waals surface area contributed by atoms with Gasteiger partial charge in [0.1, 0.15) is 17.4 Å². The number of carboxylic acids is 1. The Labute approximate surface area is 152 Å². The summed E-state index contributed by atoms with van der Waals surface area (Å²) in [5, 5.41) is 12.2. The Kier molecular flexibility index (Phi) is 5.04. The van der Waals surface area contributed by atoms with Crippen LogP contribution in [0.4, 0.5) is 0 Å². The van der Waals surface area contributed by atoms with Gasteiger partial charge in [-0.3, -0.25) is 0 Å². The monoisotopic (exact) mass is 379 g/mol. The summed E-state index contributed by atoms with van der Waals surface area (Å²) in [6, 6.07) is 12.6. The predicted molar refractivity (Wildman–Crippen MR) is 95.3 cm³/mol. The van der Waals surface area contributed by atoms with Gasteiger partial charge in [0, 0.05) is 26.6 Å². The van der Waals surface area contributed by atoms with Crippen molar-refractivity contribution in [3.05, 3.63) is 69.1 Å². The van der Waals surface area contributed by atoms with E-state index in [0.717, 1.165) is 11.1 Å². The average molecular weight is 380 g/mol. The predicted octanol–water partition coefficient (Wildman–Crippen LogP) is 5.39. The maximum Gasteiger partial charge on any atom is 0.355 e. The topological polar surface area (TPSA) is 59.4 Å². The Bertz CT molecular complexity index is 895. The summed E-state index contributed by atoms with van der Waals surface area (Å²) in [5.41, 5.74) is 1.66. The SMILES string of the molecule is O=C(O)c1csc(-c2cccc(OCc3ccc(Cl)cc3Cl)c2)n1. The van der Waals surface area contributed by atoms with Gasteiger partial charge in [0.2, 0.25) is 0 Å². The number of ether oxygens (including phenoxy) is 1. The summed E-state index contributed by atoms with van der Waals surface area (Å²) in [7, 11) is 0. The quantitative estimate of drug-likeness (QED) is 0.644. The van der Waals surface area contributed by atoms with Crippen LogP contribution in [-0.4, -0.2) is 16.1 Å². The summed E-state index contributed by atoms with van der Waals surface area (Å²) in [4.78, 5) is 15.0. The minimum Gasteiger partial charge on any atom is -0.489 e. The summed E-state index contributed by atoms with van der Waals surface area (Å²) in [6.07, 6.45) is 0. The summed E-state index contributed by atoms with van der Waals surface area (Å²) < 4.78 is 5.76. The molecule has 3 rings (SSSR count). The van der Waals surface area contributed by atoms with E-state index in [-0.39, 0.29) is 5.69 Å². The second-order valence-corrected chi connectivity index (χ2v) is 6.60. The fourth-order valence-corrected chi connectivity index (χ4v) is 3.28. The summed E-state index contributed by atoms with van der Waals surface area (Å²) in [5.74, 6) is -0.395. The molecule has 4 nitrogen and oxygen atoms in total. The van der Waals surface area contributed by atoms with Crippen molar-refractivity contribution in [1.29, 1.82) is 0 Å². The third-order valence-electron chi connectivity index (χ3n) is 3.21. The zero-order valence-corrected chi connectivity index (χ0v) is 14.5. The number of carboxylic acid groups (broad SMARTS) is 1. The fourth-order valence-electron chi connectivity index (χ4n) is 2.02. The molecule has 24 heavy (non-hydrogen) atoms. The van der Waals surface area contributed by atoms with Gasteiger partial charge in [-0.1, -0.05) is 41.4 Å². The minimum absolute atomic E-state index is 0.0364. The van der Waals surface area contributed by atoms with Crippen molar-refractivity contribution in [2.45, 2.75) is 6.61 Å². The molecule has 0 aliphatic rings. The third kappa shape index (κ3) is 3.87. The molecular weight excluding hydrogens is 369 g/mol. The van der Waals surface area contributed by atoms with E-state index in [9.17, 15) is 4.79 Å². The molecule has 0 saturated carbocycles. The number of aromatic nitrogens is 1. The van der Waals surface area contributed by atoms with Gasteiger partial charge in [-0.2, -0.15) is 0 Å². The molecule has 0 radical (unpaired) electrons. The van der Waals surface area contributed by atoms with Crippen molar-refractivity contribution >= 4 is 40.5 Å². The molecule has 0 aliphatic heterocycles. The van der Waals surface area contributed by atoms with E-state index in [2.05, 4.69) is 4.98 Å². The highest BCUT2D eigenvalue weighted by Crippen LogP contribution is 2.28. The normalized spacial score (nSPS) is 10.6. The van der Waals surface area contributed by atoms with E-state index in [1.165, 1.54) is 16.7 Å². The number of rotatable bonds is 5. The lowest BCUT2D eigenvalue weighted by Gasteiger charge is -2.09. The first kappa shape index (κ1) is 16.8. The zero-order chi connectivity index (χ0) is 17.1. The highest BCUT2D eigenvalue weighted by atomic mass is 35.5. The van der Waals surface area contributed by atoms with Crippen LogP contribution in [0.25, 0.3) is 10.6 Å². The lowest BCUT2D eigenvalue weighted by Crippen LogP contribution is -1.97. The van der Waals surface area contributed by atoms with Gasteiger partial charge in [-0.25, -0.2) is 9.78 Å².